The molecule has 1 fully saturated rings. The first kappa shape index (κ1) is 13.5. The third-order valence-corrected chi connectivity index (χ3v) is 4.19. The lowest BCUT2D eigenvalue weighted by atomic mass is 9.83. The van der Waals surface area contributed by atoms with E-state index in [1.54, 1.807) is 0 Å². The second-order valence-electron chi connectivity index (χ2n) is 5.60. The third kappa shape index (κ3) is 3.31. The second-order valence-corrected chi connectivity index (χ2v) is 5.60. The normalized spacial score (nSPS) is 26.2. The van der Waals surface area contributed by atoms with Gasteiger partial charge in [-0.2, -0.15) is 4.98 Å². The molecule has 1 aliphatic carbocycles. The Kier molecular flexibility index (Phi) is 4.75. The number of likely N-dealkylation sites (N-methyl/N-ethyl adjacent to an activating group) is 1. The molecule has 0 aliphatic heterocycles. The lowest BCUT2D eigenvalue weighted by molar-refractivity contribution is 0.321. The maximum atomic E-state index is 5.38. The van der Waals surface area contributed by atoms with E-state index < -0.39 is 0 Å². The first-order valence-corrected chi connectivity index (χ1v) is 7.22. The van der Waals surface area contributed by atoms with Crippen LogP contribution >= 0.6 is 0 Å². The van der Waals surface area contributed by atoms with E-state index in [9.17, 15) is 0 Å². The highest BCUT2D eigenvalue weighted by Gasteiger charge is 2.24. The molecule has 0 spiro atoms. The van der Waals surface area contributed by atoms with Gasteiger partial charge < -0.3 is 9.84 Å². The van der Waals surface area contributed by atoms with Crippen LogP contribution < -0.4 is 5.32 Å². The fraction of sp³-hybridized carbons (Fsp3) is 0.857. The molecule has 18 heavy (non-hydrogen) atoms. The fourth-order valence-electron chi connectivity index (χ4n) is 2.70. The Morgan fingerprint density at radius 3 is 2.67 bits per heavy atom. The molecular weight excluding hydrogens is 226 g/mol. The molecule has 1 aliphatic rings. The number of hydrogen-bond donors (Lipinski definition) is 1. The maximum Gasteiger partial charge on any atom is 0.228 e. The molecule has 1 aromatic rings. The summed E-state index contributed by atoms with van der Waals surface area (Å²) < 4.78 is 5.38. The highest BCUT2D eigenvalue weighted by molar-refractivity contribution is 4.98. The van der Waals surface area contributed by atoms with Crippen molar-refractivity contribution in [2.45, 2.75) is 64.3 Å². The van der Waals surface area contributed by atoms with Gasteiger partial charge in [0.1, 0.15) is 0 Å². The Morgan fingerprint density at radius 2 is 2.06 bits per heavy atom. The number of nitrogens with zero attached hydrogens (tertiary/aromatic N) is 2. The molecule has 0 bridgehead atoms. The molecule has 0 saturated heterocycles. The average molecular weight is 251 g/mol. The molecule has 4 heteroatoms. The summed E-state index contributed by atoms with van der Waals surface area (Å²) in [6.45, 7) is 4.50. The Hall–Kier alpha value is -0.900. The largest absolute Gasteiger partial charge is 0.339 e. The molecule has 1 aromatic heterocycles. The van der Waals surface area contributed by atoms with Gasteiger partial charge in [-0.25, -0.2) is 0 Å². The van der Waals surface area contributed by atoms with Gasteiger partial charge in [0.15, 0.2) is 5.82 Å². The molecule has 0 amide bonds. The van der Waals surface area contributed by atoms with Gasteiger partial charge in [0.25, 0.3) is 0 Å². The van der Waals surface area contributed by atoms with E-state index in [-0.39, 0.29) is 0 Å². The van der Waals surface area contributed by atoms with E-state index in [1.165, 1.54) is 25.7 Å². The van der Waals surface area contributed by atoms with Gasteiger partial charge in [-0.15, -0.1) is 0 Å². The summed E-state index contributed by atoms with van der Waals surface area (Å²) in [4.78, 5) is 4.58. The molecule has 1 unspecified atom stereocenters. The number of hydrogen-bond acceptors (Lipinski definition) is 4. The average Bonchev–Trinajstić information content (AvgIpc) is 2.85. The van der Waals surface area contributed by atoms with E-state index in [0.717, 1.165) is 30.5 Å². The topological polar surface area (TPSA) is 51.0 Å². The Labute approximate surface area is 110 Å². The van der Waals surface area contributed by atoms with Crippen LogP contribution in [0.2, 0.25) is 0 Å². The summed E-state index contributed by atoms with van der Waals surface area (Å²) in [6.07, 6.45) is 6.93. The first-order chi connectivity index (χ1) is 8.72. The second kappa shape index (κ2) is 6.32. The number of nitrogens with one attached hydrogen (secondary N) is 1. The number of aromatic nitrogens is 2. The van der Waals surface area contributed by atoms with Crippen LogP contribution in [0.1, 0.15) is 63.6 Å². The van der Waals surface area contributed by atoms with E-state index in [1.807, 2.05) is 7.05 Å². The minimum atomic E-state index is 0.435. The van der Waals surface area contributed by atoms with Crippen LogP contribution in [-0.2, 0) is 6.42 Å². The Bertz CT molecular complexity index is 352. The molecule has 102 valence electrons. The van der Waals surface area contributed by atoms with Gasteiger partial charge in [0.05, 0.1) is 0 Å². The highest BCUT2D eigenvalue weighted by Crippen LogP contribution is 2.34. The molecule has 4 nitrogen and oxygen atoms in total. The molecule has 1 atom stereocenters. The zero-order valence-corrected chi connectivity index (χ0v) is 11.8. The summed E-state index contributed by atoms with van der Waals surface area (Å²) in [6, 6.07) is 0.435. The molecule has 1 heterocycles. The van der Waals surface area contributed by atoms with Crippen LogP contribution in [0.5, 0.6) is 0 Å². The summed E-state index contributed by atoms with van der Waals surface area (Å²) in [5, 5.41) is 7.44. The van der Waals surface area contributed by atoms with Crippen LogP contribution in [0.15, 0.2) is 4.52 Å². The lowest BCUT2D eigenvalue weighted by Gasteiger charge is -2.23. The van der Waals surface area contributed by atoms with Crippen molar-refractivity contribution in [3.8, 4) is 0 Å². The van der Waals surface area contributed by atoms with Crippen LogP contribution in [0.3, 0.4) is 0 Å². The van der Waals surface area contributed by atoms with Gasteiger partial charge >= 0.3 is 0 Å². The lowest BCUT2D eigenvalue weighted by Crippen LogP contribution is -2.26. The van der Waals surface area contributed by atoms with Crippen molar-refractivity contribution in [1.82, 2.24) is 15.5 Å². The van der Waals surface area contributed by atoms with Crippen molar-refractivity contribution in [3.05, 3.63) is 11.7 Å². The predicted molar refractivity (Wildman–Crippen MR) is 71.5 cm³/mol. The van der Waals surface area contributed by atoms with Crippen molar-refractivity contribution >= 4 is 0 Å². The van der Waals surface area contributed by atoms with Crippen molar-refractivity contribution in [1.29, 1.82) is 0 Å². The zero-order chi connectivity index (χ0) is 13.0. The van der Waals surface area contributed by atoms with E-state index in [4.69, 9.17) is 4.52 Å². The summed E-state index contributed by atoms with van der Waals surface area (Å²) in [7, 11) is 1.98. The minimum Gasteiger partial charge on any atom is -0.339 e. The van der Waals surface area contributed by atoms with Crippen LogP contribution in [0, 0.1) is 5.92 Å². The van der Waals surface area contributed by atoms with E-state index in [0.29, 0.717) is 12.0 Å². The predicted octanol–water partition coefficient (Wildman–Crippen LogP) is 2.90. The summed E-state index contributed by atoms with van der Waals surface area (Å²) >= 11 is 0. The summed E-state index contributed by atoms with van der Waals surface area (Å²) in [5.74, 6) is 3.10. The van der Waals surface area contributed by atoms with Crippen molar-refractivity contribution in [2.75, 3.05) is 7.05 Å². The maximum absolute atomic E-state index is 5.38. The minimum absolute atomic E-state index is 0.435. The van der Waals surface area contributed by atoms with Crippen LogP contribution in [0.4, 0.5) is 0 Å². The zero-order valence-electron chi connectivity index (χ0n) is 11.8. The van der Waals surface area contributed by atoms with Crippen molar-refractivity contribution in [2.24, 2.45) is 5.92 Å². The Balaban J connectivity index is 1.93. The van der Waals surface area contributed by atoms with E-state index in [2.05, 4.69) is 29.3 Å². The smallest absolute Gasteiger partial charge is 0.228 e. The van der Waals surface area contributed by atoms with Gasteiger partial charge in [0.2, 0.25) is 5.89 Å². The van der Waals surface area contributed by atoms with E-state index >= 15 is 0 Å². The van der Waals surface area contributed by atoms with Crippen LogP contribution in [-0.4, -0.2) is 23.2 Å². The molecule has 2 rings (SSSR count). The molecule has 0 radical (unpaired) electrons. The molecule has 0 aromatic carbocycles. The monoisotopic (exact) mass is 251 g/mol. The van der Waals surface area contributed by atoms with Gasteiger partial charge in [0, 0.05) is 18.4 Å². The van der Waals surface area contributed by atoms with Gasteiger partial charge in [-0.05, 0) is 32.2 Å². The first-order valence-electron chi connectivity index (χ1n) is 7.22. The third-order valence-electron chi connectivity index (χ3n) is 4.19. The standard InChI is InChI=1S/C14H25N3O/c1-4-12(15-3)9-13-16-14(17-18-13)11-7-5-10(2)6-8-11/h10-12,15H,4-9H2,1-3H3. The summed E-state index contributed by atoms with van der Waals surface area (Å²) in [5.41, 5.74) is 0. The molecule has 1 saturated carbocycles. The fourth-order valence-corrected chi connectivity index (χ4v) is 2.70. The Morgan fingerprint density at radius 1 is 1.33 bits per heavy atom. The van der Waals surface area contributed by atoms with Crippen molar-refractivity contribution in [3.63, 3.8) is 0 Å². The molecule has 1 N–H and O–H groups in total. The van der Waals surface area contributed by atoms with Crippen molar-refractivity contribution < 1.29 is 4.52 Å². The van der Waals surface area contributed by atoms with Crippen LogP contribution in [0.25, 0.3) is 0 Å². The molecular formula is C14H25N3O. The highest BCUT2D eigenvalue weighted by atomic mass is 16.5. The van der Waals surface area contributed by atoms with Gasteiger partial charge in [-0.3, -0.25) is 0 Å². The SMILES string of the molecule is CCC(Cc1nc(C2CCC(C)CC2)no1)NC. The quantitative estimate of drug-likeness (QED) is 0.874. The number of rotatable bonds is 5. The van der Waals surface area contributed by atoms with Gasteiger partial charge in [-0.1, -0.05) is 31.8 Å².